The Kier molecular flexibility index (Phi) is 5.29. The first kappa shape index (κ1) is 16.5. The lowest BCUT2D eigenvalue weighted by atomic mass is 10.1. The number of aromatic amines is 1. The number of rotatable bonds is 6. The van der Waals surface area contributed by atoms with Crippen LogP contribution in [0.3, 0.4) is 0 Å². The quantitative estimate of drug-likeness (QED) is 0.645. The van der Waals surface area contributed by atoms with Gasteiger partial charge in [0.25, 0.3) is 0 Å². The molecule has 0 saturated heterocycles. The third-order valence-electron chi connectivity index (χ3n) is 3.27. The minimum atomic E-state index is -0.978. The first-order valence-electron chi connectivity index (χ1n) is 7.27. The van der Waals surface area contributed by atoms with E-state index in [2.05, 4.69) is 25.8 Å². The fourth-order valence-corrected chi connectivity index (χ4v) is 1.92. The summed E-state index contributed by atoms with van der Waals surface area (Å²) in [6, 6.07) is 5.66. The molecule has 0 aliphatic heterocycles. The van der Waals surface area contributed by atoms with Gasteiger partial charge >= 0.3 is 12.0 Å². The molecule has 0 saturated carbocycles. The second kappa shape index (κ2) is 7.39. The molecule has 1 aromatic carbocycles. The molecular weight excluding hydrogens is 298 g/mol. The predicted molar refractivity (Wildman–Crippen MR) is 82.9 cm³/mol. The van der Waals surface area contributed by atoms with Crippen LogP contribution in [0.15, 0.2) is 24.3 Å². The largest absolute Gasteiger partial charge is 0.478 e. The monoisotopic (exact) mass is 317 g/mol. The number of H-pyrrole nitrogens is 1. The van der Waals surface area contributed by atoms with Crippen LogP contribution in [-0.4, -0.2) is 32.3 Å². The highest BCUT2D eigenvalue weighted by Gasteiger charge is 2.13. The zero-order chi connectivity index (χ0) is 16.8. The molecule has 8 heteroatoms. The second-order valence-electron chi connectivity index (χ2n) is 5.04. The van der Waals surface area contributed by atoms with E-state index in [-0.39, 0.29) is 17.6 Å². The summed E-state index contributed by atoms with van der Waals surface area (Å²) in [5.41, 5.74) is 1.02. The smallest absolute Gasteiger partial charge is 0.335 e. The molecule has 8 nitrogen and oxygen atoms in total. The van der Waals surface area contributed by atoms with E-state index in [1.165, 1.54) is 12.1 Å². The summed E-state index contributed by atoms with van der Waals surface area (Å²) in [5.74, 6) is 0.324. The Labute approximate surface area is 133 Å². The molecular formula is C15H19N5O3. The van der Waals surface area contributed by atoms with Crippen LogP contribution in [0.1, 0.15) is 47.5 Å². The van der Waals surface area contributed by atoms with Crippen molar-refractivity contribution in [3.8, 4) is 0 Å². The van der Waals surface area contributed by atoms with Gasteiger partial charge < -0.3 is 15.7 Å². The Bertz CT molecular complexity index is 681. The molecule has 0 bridgehead atoms. The van der Waals surface area contributed by atoms with Crippen molar-refractivity contribution in [2.45, 2.75) is 32.9 Å². The van der Waals surface area contributed by atoms with Gasteiger partial charge in [-0.3, -0.25) is 5.10 Å². The maximum Gasteiger partial charge on any atom is 0.335 e. The van der Waals surface area contributed by atoms with Crippen LogP contribution in [-0.2, 0) is 13.0 Å². The number of aryl methyl sites for hydroxylation is 1. The molecule has 1 heterocycles. The molecule has 0 fully saturated rings. The number of nitrogens with one attached hydrogen (secondary N) is 3. The van der Waals surface area contributed by atoms with E-state index >= 15 is 0 Å². The maximum atomic E-state index is 11.9. The minimum absolute atomic E-state index is 0.211. The number of aromatic carboxylic acids is 1. The Morgan fingerprint density at radius 2 is 2.00 bits per heavy atom. The van der Waals surface area contributed by atoms with Crippen LogP contribution in [0, 0.1) is 0 Å². The number of carboxylic acids is 1. The van der Waals surface area contributed by atoms with Gasteiger partial charge in [0, 0.05) is 13.0 Å². The van der Waals surface area contributed by atoms with Gasteiger partial charge in [-0.15, -0.1) is 0 Å². The van der Waals surface area contributed by atoms with Crippen molar-refractivity contribution >= 4 is 12.0 Å². The van der Waals surface area contributed by atoms with Gasteiger partial charge in [-0.25, -0.2) is 14.6 Å². The summed E-state index contributed by atoms with van der Waals surface area (Å²) < 4.78 is 0. The normalized spacial score (nSPS) is 11.7. The molecule has 122 valence electrons. The van der Waals surface area contributed by atoms with Gasteiger partial charge in [-0.1, -0.05) is 19.1 Å². The maximum absolute atomic E-state index is 11.9. The fourth-order valence-electron chi connectivity index (χ4n) is 1.92. The van der Waals surface area contributed by atoms with Crippen LogP contribution in [0.5, 0.6) is 0 Å². The SMILES string of the molecule is CCc1nc(C(C)NC(=O)NCc2ccc(C(=O)O)cc2)n[nH]1. The zero-order valence-corrected chi connectivity index (χ0v) is 13.0. The number of nitrogens with zero attached hydrogens (tertiary/aromatic N) is 2. The van der Waals surface area contributed by atoms with Gasteiger partial charge in [-0.05, 0) is 24.6 Å². The van der Waals surface area contributed by atoms with Gasteiger partial charge in [-0.2, -0.15) is 5.10 Å². The zero-order valence-electron chi connectivity index (χ0n) is 13.0. The number of aromatic nitrogens is 3. The summed E-state index contributed by atoms with van der Waals surface area (Å²) in [7, 11) is 0. The summed E-state index contributed by atoms with van der Waals surface area (Å²) in [4.78, 5) is 26.9. The van der Waals surface area contributed by atoms with Crippen molar-refractivity contribution < 1.29 is 14.7 Å². The van der Waals surface area contributed by atoms with Gasteiger partial charge in [0.15, 0.2) is 5.82 Å². The minimum Gasteiger partial charge on any atom is -0.478 e. The van der Waals surface area contributed by atoms with E-state index in [1.54, 1.807) is 19.1 Å². The van der Waals surface area contributed by atoms with Crippen molar-refractivity contribution in [2.24, 2.45) is 0 Å². The summed E-state index contributed by atoms with van der Waals surface area (Å²) in [5, 5.41) is 21.1. The van der Waals surface area contributed by atoms with E-state index < -0.39 is 5.97 Å². The lowest BCUT2D eigenvalue weighted by Gasteiger charge is -2.12. The molecule has 0 aliphatic carbocycles. The summed E-state index contributed by atoms with van der Waals surface area (Å²) >= 11 is 0. The molecule has 23 heavy (non-hydrogen) atoms. The predicted octanol–water partition coefficient (Wildman–Crippen LogP) is 1.63. The average Bonchev–Trinajstić information content (AvgIpc) is 3.02. The lowest BCUT2D eigenvalue weighted by molar-refractivity contribution is 0.0697. The van der Waals surface area contributed by atoms with Crippen molar-refractivity contribution in [1.29, 1.82) is 0 Å². The third kappa shape index (κ3) is 4.53. The highest BCUT2D eigenvalue weighted by atomic mass is 16.4. The average molecular weight is 317 g/mol. The summed E-state index contributed by atoms with van der Waals surface area (Å²) in [6.07, 6.45) is 0.748. The lowest BCUT2D eigenvalue weighted by Crippen LogP contribution is -2.37. The van der Waals surface area contributed by atoms with E-state index in [1.807, 2.05) is 6.92 Å². The molecule has 0 aliphatic rings. The topological polar surface area (TPSA) is 120 Å². The van der Waals surface area contributed by atoms with Gasteiger partial charge in [0.1, 0.15) is 5.82 Å². The molecule has 2 aromatic rings. The van der Waals surface area contributed by atoms with Crippen LogP contribution in [0.4, 0.5) is 4.79 Å². The molecule has 0 spiro atoms. The van der Waals surface area contributed by atoms with Crippen LogP contribution in [0.25, 0.3) is 0 Å². The van der Waals surface area contributed by atoms with Crippen molar-refractivity contribution in [1.82, 2.24) is 25.8 Å². The van der Waals surface area contributed by atoms with Crippen molar-refractivity contribution in [3.05, 3.63) is 47.0 Å². The molecule has 1 atom stereocenters. The van der Waals surface area contributed by atoms with Crippen LogP contribution in [0.2, 0.25) is 0 Å². The number of urea groups is 1. The Hall–Kier alpha value is -2.90. The van der Waals surface area contributed by atoms with E-state index in [9.17, 15) is 9.59 Å². The molecule has 2 amide bonds. The molecule has 4 N–H and O–H groups in total. The first-order valence-corrected chi connectivity index (χ1v) is 7.27. The van der Waals surface area contributed by atoms with Crippen LogP contribution >= 0.6 is 0 Å². The van der Waals surface area contributed by atoms with Gasteiger partial charge in [0.05, 0.1) is 11.6 Å². The first-order chi connectivity index (χ1) is 11.0. The number of carboxylic acid groups (broad SMARTS) is 1. The second-order valence-corrected chi connectivity index (χ2v) is 5.04. The highest BCUT2D eigenvalue weighted by Crippen LogP contribution is 2.07. The Balaban J connectivity index is 1.83. The molecule has 2 rings (SSSR count). The summed E-state index contributed by atoms with van der Waals surface area (Å²) in [6.45, 7) is 4.06. The number of hydrogen-bond acceptors (Lipinski definition) is 4. The number of amides is 2. The fraction of sp³-hybridized carbons (Fsp3) is 0.333. The van der Waals surface area contributed by atoms with E-state index in [4.69, 9.17) is 5.11 Å². The molecule has 0 radical (unpaired) electrons. The van der Waals surface area contributed by atoms with Crippen LogP contribution < -0.4 is 10.6 Å². The third-order valence-corrected chi connectivity index (χ3v) is 3.27. The van der Waals surface area contributed by atoms with Crippen molar-refractivity contribution in [3.63, 3.8) is 0 Å². The number of carbonyl (C=O) groups is 2. The standard InChI is InChI=1S/C15H19N5O3/c1-3-12-18-13(20-19-12)9(2)17-15(23)16-8-10-4-6-11(7-5-10)14(21)22/h4-7,9H,3,8H2,1-2H3,(H,21,22)(H2,16,17,23)(H,18,19,20). The van der Waals surface area contributed by atoms with Gasteiger partial charge in [0.2, 0.25) is 0 Å². The van der Waals surface area contributed by atoms with E-state index in [0.717, 1.165) is 17.8 Å². The van der Waals surface area contributed by atoms with Crippen molar-refractivity contribution in [2.75, 3.05) is 0 Å². The highest BCUT2D eigenvalue weighted by molar-refractivity contribution is 5.87. The number of benzene rings is 1. The molecule has 1 aromatic heterocycles. The molecule has 1 unspecified atom stereocenters. The van der Waals surface area contributed by atoms with E-state index in [0.29, 0.717) is 12.4 Å². The Morgan fingerprint density at radius 1 is 1.30 bits per heavy atom. The number of hydrogen-bond donors (Lipinski definition) is 4. The Morgan fingerprint density at radius 3 is 2.57 bits per heavy atom. The number of carbonyl (C=O) groups excluding carboxylic acids is 1.